The molecule has 0 bridgehead atoms. The summed E-state index contributed by atoms with van der Waals surface area (Å²) in [6, 6.07) is 7.65. The molecule has 1 rings (SSSR count). The van der Waals surface area contributed by atoms with E-state index in [0.717, 1.165) is 37.2 Å². The summed E-state index contributed by atoms with van der Waals surface area (Å²) in [5.74, 6) is 0. The molecule has 1 aromatic carbocycles. The summed E-state index contributed by atoms with van der Waals surface area (Å²) >= 11 is 0. The van der Waals surface area contributed by atoms with E-state index in [-0.39, 0.29) is 0 Å². The van der Waals surface area contributed by atoms with Gasteiger partial charge in [-0.15, -0.1) is 0 Å². The van der Waals surface area contributed by atoms with Crippen molar-refractivity contribution in [2.24, 2.45) is 0 Å². The van der Waals surface area contributed by atoms with Gasteiger partial charge in [-0.05, 0) is 32.4 Å². The van der Waals surface area contributed by atoms with Crippen molar-refractivity contribution in [2.45, 2.75) is 39.7 Å². The van der Waals surface area contributed by atoms with Crippen LogP contribution in [0.1, 0.15) is 50.8 Å². The van der Waals surface area contributed by atoms with Gasteiger partial charge in [0.25, 0.3) is 0 Å². The largest absolute Gasteiger partial charge is 0.389 e. The van der Waals surface area contributed by atoms with Crippen molar-refractivity contribution in [1.29, 1.82) is 5.26 Å². The van der Waals surface area contributed by atoms with Crippen LogP contribution in [0, 0.1) is 11.3 Å². The first kappa shape index (κ1) is 14.5. The molecule has 0 radical (unpaired) electrons. The molecule has 0 spiro atoms. The number of hydrogen-bond donors (Lipinski definition) is 1. The van der Waals surface area contributed by atoms with Crippen LogP contribution in [0.2, 0.25) is 0 Å². The normalized spacial score (nSPS) is 11.9. The summed E-state index contributed by atoms with van der Waals surface area (Å²) in [6.07, 6.45) is 1.74. The second-order valence-corrected chi connectivity index (χ2v) is 4.49. The Kier molecular flexibility index (Phi) is 5.67. The Labute approximate surface area is 110 Å². The molecule has 0 saturated carbocycles. The monoisotopic (exact) mass is 246 g/mol. The first-order valence-corrected chi connectivity index (χ1v) is 6.61. The van der Waals surface area contributed by atoms with Gasteiger partial charge in [0.15, 0.2) is 0 Å². The molecule has 0 unspecified atom stereocenters. The molecule has 0 aromatic heterocycles. The Morgan fingerprint density at radius 2 is 2.11 bits per heavy atom. The Hall–Kier alpha value is -1.53. The van der Waals surface area contributed by atoms with Crippen molar-refractivity contribution in [1.82, 2.24) is 0 Å². The van der Waals surface area contributed by atoms with Crippen molar-refractivity contribution >= 4 is 5.69 Å². The highest BCUT2D eigenvalue weighted by atomic mass is 16.3. The van der Waals surface area contributed by atoms with Crippen LogP contribution in [0.15, 0.2) is 18.2 Å². The van der Waals surface area contributed by atoms with E-state index in [1.54, 1.807) is 13.0 Å². The third kappa shape index (κ3) is 3.48. The average molecular weight is 246 g/mol. The molecule has 1 N–H and O–H groups in total. The van der Waals surface area contributed by atoms with Gasteiger partial charge in [0.05, 0.1) is 17.7 Å². The van der Waals surface area contributed by atoms with Gasteiger partial charge < -0.3 is 10.0 Å². The van der Waals surface area contributed by atoms with Gasteiger partial charge in [0.1, 0.15) is 0 Å². The van der Waals surface area contributed by atoms with Crippen molar-refractivity contribution in [3.63, 3.8) is 0 Å². The van der Waals surface area contributed by atoms with E-state index in [0.29, 0.717) is 5.56 Å². The molecule has 0 aliphatic carbocycles. The predicted octanol–water partition coefficient (Wildman–Crippen LogP) is 3.24. The highest BCUT2D eigenvalue weighted by molar-refractivity contribution is 5.58. The van der Waals surface area contributed by atoms with E-state index in [9.17, 15) is 5.11 Å². The standard InChI is InChI=1S/C15H22N2O/c1-4-6-9-17(5-2)15-10-13(11-16)7-8-14(15)12(3)18/h7-8,10,12,18H,4-6,9H2,1-3H3/t12-/m0/s1. The van der Waals surface area contributed by atoms with Crippen LogP contribution in [0.4, 0.5) is 5.69 Å². The lowest BCUT2D eigenvalue weighted by atomic mass is 10.0. The number of nitriles is 1. The summed E-state index contributed by atoms with van der Waals surface area (Å²) in [5.41, 5.74) is 2.52. The van der Waals surface area contributed by atoms with Crippen LogP contribution < -0.4 is 4.90 Å². The molecule has 0 amide bonds. The van der Waals surface area contributed by atoms with E-state index < -0.39 is 6.10 Å². The van der Waals surface area contributed by atoms with Crippen LogP contribution in [-0.2, 0) is 0 Å². The molecule has 0 aliphatic heterocycles. The highest BCUT2D eigenvalue weighted by Gasteiger charge is 2.13. The molecule has 0 heterocycles. The van der Waals surface area contributed by atoms with E-state index >= 15 is 0 Å². The Balaban J connectivity index is 3.12. The smallest absolute Gasteiger partial charge is 0.0992 e. The molecule has 3 heteroatoms. The molecule has 18 heavy (non-hydrogen) atoms. The average Bonchev–Trinajstić information content (AvgIpc) is 2.39. The summed E-state index contributed by atoms with van der Waals surface area (Å²) in [5, 5.41) is 18.8. The van der Waals surface area contributed by atoms with Crippen molar-refractivity contribution in [2.75, 3.05) is 18.0 Å². The minimum absolute atomic E-state index is 0.511. The first-order valence-electron chi connectivity index (χ1n) is 6.61. The highest BCUT2D eigenvalue weighted by Crippen LogP contribution is 2.27. The van der Waals surface area contributed by atoms with Gasteiger partial charge in [0, 0.05) is 24.3 Å². The number of anilines is 1. The maximum absolute atomic E-state index is 9.83. The van der Waals surface area contributed by atoms with E-state index in [2.05, 4.69) is 24.8 Å². The maximum atomic E-state index is 9.83. The lowest BCUT2D eigenvalue weighted by Gasteiger charge is -2.26. The van der Waals surface area contributed by atoms with Gasteiger partial charge in [-0.1, -0.05) is 19.4 Å². The molecular weight excluding hydrogens is 224 g/mol. The second kappa shape index (κ2) is 7.03. The third-order valence-electron chi connectivity index (χ3n) is 3.11. The Morgan fingerprint density at radius 1 is 1.39 bits per heavy atom. The number of aliphatic hydroxyl groups excluding tert-OH is 1. The quantitative estimate of drug-likeness (QED) is 0.838. The minimum Gasteiger partial charge on any atom is -0.389 e. The van der Waals surface area contributed by atoms with Gasteiger partial charge in [0.2, 0.25) is 0 Å². The van der Waals surface area contributed by atoms with Crippen molar-refractivity contribution < 1.29 is 5.11 Å². The van der Waals surface area contributed by atoms with Gasteiger partial charge in [-0.25, -0.2) is 0 Å². The molecule has 0 fully saturated rings. The number of aliphatic hydroxyl groups is 1. The number of unbranched alkanes of at least 4 members (excludes halogenated alkanes) is 1. The summed E-state index contributed by atoms with van der Waals surface area (Å²) in [6.45, 7) is 7.87. The fraction of sp³-hybridized carbons (Fsp3) is 0.533. The predicted molar refractivity (Wildman–Crippen MR) is 74.6 cm³/mol. The molecule has 0 saturated heterocycles. The second-order valence-electron chi connectivity index (χ2n) is 4.49. The third-order valence-corrected chi connectivity index (χ3v) is 3.11. The molecule has 1 atom stereocenters. The molecule has 98 valence electrons. The summed E-state index contributed by atoms with van der Waals surface area (Å²) < 4.78 is 0. The molecule has 0 aliphatic rings. The fourth-order valence-electron chi connectivity index (χ4n) is 2.04. The van der Waals surface area contributed by atoms with E-state index in [4.69, 9.17) is 5.26 Å². The first-order chi connectivity index (χ1) is 8.63. The van der Waals surface area contributed by atoms with E-state index in [1.165, 1.54) is 0 Å². The van der Waals surface area contributed by atoms with Crippen LogP contribution in [0.25, 0.3) is 0 Å². The van der Waals surface area contributed by atoms with Crippen LogP contribution in [0.3, 0.4) is 0 Å². The maximum Gasteiger partial charge on any atom is 0.0992 e. The molecule has 3 nitrogen and oxygen atoms in total. The van der Waals surface area contributed by atoms with Gasteiger partial charge in [-0.3, -0.25) is 0 Å². The number of benzene rings is 1. The molecule has 1 aromatic rings. The van der Waals surface area contributed by atoms with Crippen LogP contribution in [-0.4, -0.2) is 18.2 Å². The topological polar surface area (TPSA) is 47.3 Å². The SMILES string of the molecule is CCCCN(CC)c1cc(C#N)ccc1[C@H](C)O. The fourth-order valence-corrected chi connectivity index (χ4v) is 2.04. The lowest BCUT2D eigenvalue weighted by Crippen LogP contribution is -2.25. The zero-order chi connectivity index (χ0) is 13.5. The van der Waals surface area contributed by atoms with E-state index in [1.807, 2.05) is 12.1 Å². The van der Waals surface area contributed by atoms with Gasteiger partial charge in [-0.2, -0.15) is 5.26 Å². The Bertz CT molecular complexity index is 421. The number of rotatable bonds is 6. The van der Waals surface area contributed by atoms with Crippen molar-refractivity contribution in [3.8, 4) is 6.07 Å². The Morgan fingerprint density at radius 3 is 2.61 bits per heavy atom. The summed E-state index contributed by atoms with van der Waals surface area (Å²) in [4.78, 5) is 2.23. The zero-order valence-electron chi connectivity index (χ0n) is 11.5. The minimum atomic E-state index is -0.511. The summed E-state index contributed by atoms with van der Waals surface area (Å²) in [7, 11) is 0. The van der Waals surface area contributed by atoms with Crippen molar-refractivity contribution in [3.05, 3.63) is 29.3 Å². The number of nitrogens with zero attached hydrogens (tertiary/aromatic N) is 2. The lowest BCUT2D eigenvalue weighted by molar-refractivity contribution is 0.199. The number of hydrogen-bond acceptors (Lipinski definition) is 3. The zero-order valence-corrected chi connectivity index (χ0v) is 11.5. The molecular formula is C15H22N2O. The van der Waals surface area contributed by atoms with Gasteiger partial charge >= 0.3 is 0 Å². The van der Waals surface area contributed by atoms with Crippen LogP contribution in [0.5, 0.6) is 0 Å². The van der Waals surface area contributed by atoms with Crippen LogP contribution >= 0.6 is 0 Å².